The highest BCUT2D eigenvalue weighted by Gasteiger charge is 2.25. The largest absolute Gasteiger partial charge is 0.494 e. The first-order chi connectivity index (χ1) is 10.2. The van der Waals surface area contributed by atoms with Crippen molar-refractivity contribution in [2.24, 2.45) is 5.92 Å². The summed E-state index contributed by atoms with van der Waals surface area (Å²) in [7, 11) is 0. The maximum absolute atomic E-state index is 12.1. The van der Waals surface area contributed by atoms with Crippen LogP contribution < -0.4 is 10.1 Å². The number of rotatable bonds is 7. The first-order valence-corrected chi connectivity index (χ1v) is 8.77. The molecule has 0 aromatic heterocycles. The maximum atomic E-state index is 12.1. The number of ether oxygens (including phenoxy) is 1. The normalized spacial score (nSPS) is 21.2. The number of hydrogen-bond acceptors (Lipinski definition) is 2. The monoisotopic (exact) mass is 353 g/mol. The molecule has 0 spiro atoms. The van der Waals surface area contributed by atoms with Crippen LogP contribution in [0.3, 0.4) is 0 Å². The molecule has 2 atom stereocenters. The highest BCUT2D eigenvalue weighted by atomic mass is 79.9. The Balaban J connectivity index is 1.79. The molecule has 1 N–H and O–H groups in total. The molecule has 1 saturated carbocycles. The van der Waals surface area contributed by atoms with E-state index in [9.17, 15) is 4.79 Å². The van der Waals surface area contributed by atoms with E-state index in [1.165, 1.54) is 19.3 Å². The smallest absolute Gasteiger partial charge is 0.251 e. The van der Waals surface area contributed by atoms with Crippen LogP contribution >= 0.6 is 15.9 Å². The van der Waals surface area contributed by atoms with Gasteiger partial charge in [0.05, 0.1) is 6.61 Å². The number of hydrogen-bond donors (Lipinski definition) is 1. The molecule has 1 aliphatic rings. The van der Waals surface area contributed by atoms with Gasteiger partial charge in [-0.2, -0.15) is 0 Å². The lowest BCUT2D eigenvalue weighted by Gasteiger charge is -2.14. The summed E-state index contributed by atoms with van der Waals surface area (Å²) in [6, 6.07) is 7.40. The van der Waals surface area contributed by atoms with Gasteiger partial charge in [-0.3, -0.25) is 4.79 Å². The van der Waals surface area contributed by atoms with Crippen molar-refractivity contribution in [1.82, 2.24) is 5.32 Å². The van der Waals surface area contributed by atoms with Crippen LogP contribution in [0.4, 0.5) is 0 Å². The zero-order chi connectivity index (χ0) is 15.1. The number of halogens is 1. The molecule has 2 rings (SSSR count). The van der Waals surface area contributed by atoms with Crippen molar-refractivity contribution in [3.05, 3.63) is 29.8 Å². The van der Waals surface area contributed by atoms with Crippen molar-refractivity contribution < 1.29 is 9.53 Å². The van der Waals surface area contributed by atoms with Gasteiger partial charge in [0.2, 0.25) is 0 Å². The lowest BCUT2D eigenvalue weighted by molar-refractivity contribution is 0.0948. The third kappa shape index (κ3) is 5.03. The Morgan fingerprint density at radius 2 is 2.10 bits per heavy atom. The van der Waals surface area contributed by atoms with Gasteiger partial charge in [0.25, 0.3) is 5.91 Å². The van der Waals surface area contributed by atoms with Gasteiger partial charge >= 0.3 is 0 Å². The van der Waals surface area contributed by atoms with E-state index in [1.807, 2.05) is 24.3 Å². The van der Waals surface area contributed by atoms with Crippen molar-refractivity contribution in [2.75, 3.05) is 13.2 Å². The third-order valence-corrected chi connectivity index (χ3v) is 5.18. The Kier molecular flexibility index (Phi) is 6.55. The molecule has 1 aromatic rings. The fourth-order valence-electron chi connectivity index (χ4n) is 2.58. The number of alkyl halides is 1. The van der Waals surface area contributed by atoms with E-state index < -0.39 is 0 Å². The number of unbranched alkanes of at least 4 members (excludes halogenated alkanes) is 1. The number of benzene rings is 1. The Morgan fingerprint density at radius 1 is 1.33 bits per heavy atom. The van der Waals surface area contributed by atoms with E-state index in [-0.39, 0.29) is 5.91 Å². The molecule has 3 nitrogen and oxygen atoms in total. The molecule has 116 valence electrons. The van der Waals surface area contributed by atoms with E-state index in [0.717, 1.165) is 31.7 Å². The van der Waals surface area contributed by atoms with Crippen LogP contribution in [0.15, 0.2) is 24.3 Å². The number of carbonyl (C=O) groups is 1. The molecule has 0 aliphatic heterocycles. The van der Waals surface area contributed by atoms with E-state index in [4.69, 9.17) is 4.74 Å². The summed E-state index contributed by atoms with van der Waals surface area (Å²) < 4.78 is 5.60. The zero-order valence-corrected chi connectivity index (χ0v) is 14.2. The zero-order valence-electron chi connectivity index (χ0n) is 12.6. The topological polar surface area (TPSA) is 38.3 Å². The van der Waals surface area contributed by atoms with E-state index in [2.05, 4.69) is 28.2 Å². The molecular weight excluding hydrogens is 330 g/mol. The summed E-state index contributed by atoms with van der Waals surface area (Å²) >= 11 is 3.68. The van der Waals surface area contributed by atoms with Crippen molar-refractivity contribution in [2.45, 2.75) is 43.9 Å². The minimum atomic E-state index is 0.00158. The highest BCUT2D eigenvalue weighted by Crippen LogP contribution is 2.30. The van der Waals surface area contributed by atoms with Crippen molar-refractivity contribution in [3.63, 3.8) is 0 Å². The van der Waals surface area contributed by atoms with Crippen LogP contribution in [0.1, 0.15) is 49.4 Å². The molecule has 1 aromatic carbocycles. The van der Waals surface area contributed by atoms with Crippen LogP contribution in [0.2, 0.25) is 0 Å². The Hall–Kier alpha value is -1.03. The van der Waals surface area contributed by atoms with Crippen molar-refractivity contribution in [1.29, 1.82) is 0 Å². The molecule has 1 aliphatic carbocycles. The highest BCUT2D eigenvalue weighted by molar-refractivity contribution is 9.09. The Labute approximate surface area is 135 Å². The SMILES string of the molecule is CCCCOc1ccc(C(=O)NCC2CCCC2Br)cc1. The number of nitrogens with one attached hydrogen (secondary N) is 1. The summed E-state index contributed by atoms with van der Waals surface area (Å²) in [6.45, 7) is 3.62. The van der Waals surface area contributed by atoms with Crippen LogP contribution in [0, 0.1) is 5.92 Å². The predicted molar refractivity (Wildman–Crippen MR) is 89.2 cm³/mol. The summed E-state index contributed by atoms with van der Waals surface area (Å²) in [5, 5.41) is 3.03. The summed E-state index contributed by atoms with van der Waals surface area (Å²) in [4.78, 5) is 12.7. The molecule has 0 heterocycles. The second-order valence-corrected chi connectivity index (χ2v) is 6.82. The second kappa shape index (κ2) is 8.42. The van der Waals surface area contributed by atoms with Gasteiger partial charge in [0.1, 0.15) is 5.75 Å². The standard InChI is InChI=1S/C17H24BrNO2/c1-2-3-11-21-15-9-7-13(8-10-15)17(20)19-12-14-5-4-6-16(14)18/h7-10,14,16H,2-6,11-12H2,1H3,(H,19,20). The van der Waals surface area contributed by atoms with Crippen LogP contribution in [0.5, 0.6) is 5.75 Å². The van der Waals surface area contributed by atoms with Crippen molar-refractivity contribution in [3.8, 4) is 5.75 Å². The molecular formula is C17H24BrNO2. The summed E-state index contributed by atoms with van der Waals surface area (Å²) in [5.41, 5.74) is 0.696. The molecule has 0 radical (unpaired) electrons. The summed E-state index contributed by atoms with van der Waals surface area (Å²) in [5.74, 6) is 1.39. The van der Waals surface area contributed by atoms with Gasteiger partial charge in [-0.25, -0.2) is 0 Å². The van der Waals surface area contributed by atoms with Gasteiger partial charge in [0.15, 0.2) is 0 Å². The van der Waals surface area contributed by atoms with Crippen molar-refractivity contribution >= 4 is 21.8 Å². The average molecular weight is 354 g/mol. The van der Waals surface area contributed by atoms with Crippen LogP contribution in [-0.2, 0) is 0 Å². The fourth-order valence-corrected chi connectivity index (χ4v) is 3.36. The molecule has 1 fully saturated rings. The lowest BCUT2D eigenvalue weighted by Crippen LogP contribution is -2.30. The van der Waals surface area contributed by atoms with Crippen LogP contribution in [0.25, 0.3) is 0 Å². The minimum absolute atomic E-state index is 0.00158. The molecule has 1 amide bonds. The fraction of sp³-hybridized carbons (Fsp3) is 0.588. The first kappa shape index (κ1) is 16.3. The van der Waals surface area contributed by atoms with Gasteiger partial charge in [-0.05, 0) is 49.4 Å². The quantitative estimate of drug-likeness (QED) is 0.590. The van der Waals surface area contributed by atoms with E-state index >= 15 is 0 Å². The second-order valence-electron chi connectivity index (χ2n) is 5.64. The van der Waals surface area contributed by atoms with Gasteiger partial charge in [-0.1, -0.05) is 35.7 Å². The van der Waals surface area contributed by atoms with Gasteiger partial charge < -0.3 is 10.1 Å². The third-order valence-electron chi connectivity index (χ3n) is 3.97. The molecule has 4 heteroatoms. The summed E-state index contributed by atoms with van der Waals surface area (Å²) in [6.07, 6.45) is 5.83. The van der Waals surface area contributed by atoms with Gasteiger partial charge in [-0.15, -0.1) is 0 Å². The van der Waals surface area contributed by atoms with Crippen LogP contribution in [-0.4, -0.2) is 23.9 Å². The molecule has 21 heavy (non-hydrogen) atoms. The van der Waals surface area contributed by atoms with E-state index in [0.29, 0.717) is 16.3 Å². The molecule has 2 unspecified atom stereocenters. The van der Waals surface area contributed by atoms with E-state index in [1.54, 1.807) is 0 Å². The average Bonchev–Trinajstić information content (AvgIpc) is 2.91. The minimum Gasteiger partial charge on any atom is -0.494 e. The lowest BCUT2D eigenvalue weighted by atomic mass is 10.1. The first-order valence-electron chi connectivity index (χ1n) is 7.86. The Bertz CT molecular complexity index is 447. The molecule has 0 saturated heterocycles. The number of amides is 1. The van der Waals surface area contributed by atoms with Gasteiger partial charge in [0, 0.05) is 16.9 Å². The Morgan fingerprint density at radius 3 is 2.71 bits per heavy atom. The maximum Gasteiger partial charge on any atom is 0.251 e. The molecule has 0 bridgehead atoms. The number of carbonyl (C=O) groups excluding carboxylic acids is 1. The predicted octanol–water partition coefficient (Wildman–Crippen LogP) is 4.16.